The Morgan fingerprint density at radius 2 is 1.95 bits per heavy atom. The van der Waals surface area contributed by atoms with Crippen molar-refractivity contribution in [3.05, 3.63) is 34.9 Å². The lowest BCUT2D eigenvalue weighted by molar-refractivity contribution is 0.110. The summed E-state index contributed by atoms with van der Waals surface area (Å²) < 4.78 is 5.59. The van der Waals surface area contributed by atoms with E-state index >= 15 is 0 Å². The van der Waals surface area contributed by atoms with Crippen LogP contribution in [0.5, 0.6) is 0 Å². The van der Waals surface area contributed by atoms with Gasteiger partial charge in [-0.15, -0.1) is 0 Å². The first kappa shape index (κ1) is 14.5. The number of ether oxygens (including phenoxy) is 1. The Balaban J connectivity index is 1.75. The molecule has 0 bridgehead atoms. The summed E-state index contributed by atoms with van der Waals surface area (Å²) in [6, 6.07) is 7.38. The minimum absolute atomic E-state index is 0.411. The van der Waals surface area contributed by atoms with Gasteiger partial charge in [0, 0.05) is 19.2 Å². The number of rotatable bonds is 7. The first-order chi connectivity index (χ1) is 9.16. The van der Waals surface area contributed by atoms with Gasteiger partial charge in [-0.25, -0.2) is 0 Å². The van der Waals surface area contributed by atoms with Crippen molar-refractivity contribution in [2.45, 2.75) is 46.1 Å². The average Bonchev–Trinajstić information content (AvgIpc) is 2.84. The van der Waals surface area contributed by atoms with Gasteiger partial charge in [-0.3, -0.25) is 0 Å². The van der Waals surface area contributed by atoms with E-state index in [9.17, 15) is 0 Å². The summed E-state index contributed by atoms with van der Waals surface area (Å²) >= 11 is 0. The summed E-state index contributed by atoms with van der Waals surface area (Å²) in [5, 5.41) is 3.54. The number of benzene rings is 1. The molecule has 1 aromatic carbocycles. The van der Waals surface area contributed by atoms with E-state index in [0.717, 1.165) is 19.8 Å². The van der Waals surface area contributed by atoms with Crippen LogP contribution in [0.1, 0.15) is 49.9 Å². The molecule has 106 valence electrons. The molecule has 1 unspecified atom stereocenters. The molecule has 0 aliphatic heterocycles. The third-order valence-corrected chi connectivity index (χ3v) is 3.77. The van der Waals surface area contributed by atoms with E-state index < -0.39 is 0 Å². The van der Waals surface area contributed by atoms with E-state index in [1.807, 2.05) is 0 Å². The molecule has 1 N–H and O–H groups in total. The standard InChI is InChI=1S/C17H27NO/c1-13(2)12-19-10-9-18-14(3)16-8-7-15-5-4-6-17(15)11-16/h7-8,11,13-14,18H,4-6,9-10,12H2,1-3H3. The Hall–Kier alpha value is -0.860. The zero-order valence-corrected chi connectivity index (χ0v) is 12.5. The minimum Gasteiger partial charge on any atom is -0.380 e. The molecule has 19 heavy (non-hydrogen) atoms. The number of nitrogens with one attached hydrogen (secondary N) is 1. The summed E-state index contributed by atoms with van der Waals surface area (Å²) in [5.41, 5.74) is 4.52. The van der Waals surface area contributed by atoms with E-state index in [1.165, 1.54) is 24.8 Å². The highest BCUT2D eigenvalue weighted by atomic mass is 16.5. The largest absolute Gasteiger partial charge is 0.380 e. The van der Waals surface area contributed by atoms with E-state index in [4.69, 9.17) is 4.74 Å². The molecular weight excluding hydrogens is 234 g/mol. The fourth-order valence-corrected chi connectivity index (χ4v) is 2.65. The van der Waals surface area contributed by atoms with Crippen molar-refractivity contribution in [2.24, 2.45) is 5.92 Å². The molecule has 1 aromatic rings. The monoisotopic (exact) mass is 261 g/mol. The van der Waals surface area contributed by atoms with Crippen molar-refractivity contribution in [1.82, 2.24) is 5.32 Å². The average molecular weight is 261 g/mol. The molecule has 0 saturated heterocycles. The maximum absolute atomic E-state index is 5.59. The Bertz CT molecular complexity index is 400. The van der Waals surface area contributed by atoms with Gasteiger partial charge in [-0.05, 0) is 48.8 Å². The molecule has 0 saturated carbocycles. The maximum Gasteiger partial charge on any atom is 0.0591 e. The molecule has 0 radical (unpaired) electrons. The highest BCUT2D eigenvalue weighted by Crippen LogP contribution is 2.25. The fourth-order valence-electron chi connectivity index (χ4n) is 2.65. The summed E-state index contributed by atoms with van der Waals surface area (Å²) in [7, 11) is 0. The molecule has 1 aliphatic rings. The van der Waals surface area contributed by atoms with E-state index in [1.54, 1.807) is 11.1 Å². The topological polar surface area (TPSA) is 21.3 Å². The Kier molecular flexibility index (Phi) is 5.41. The van der Waals surface area contributed by atoms with Gasteiger partial charge in [0.1, 0.15) is 0 Å². The fraction of sp³-hybridized carbons (Fsp3) is 0.647. The van der Waals surface area contributed by atoms with E-state index in [-0.39, 0.29) is 0 Å². The third kappa shape index (κ3) is 4.32. The van der Waals surface area contributed by atoms with Crippen molar-refractivity contribution < 1.29 is 4.74 Å². The molecule has 2 rings (SSSR count). The zero-order chi connectivity index (χ0) is 13.7. The summed E-state index contributed by atoms with van der Waals surface area (Å²) in [5.74, 6) is 0.620. The van der Waals surface area contributed by atoms with E-state index in [0.29, 0.717) is 12.0 Å². The number of hydrogen-bond acceptors (Lipinski definition) is 2. The van der Waals surface area contributed by atoms with Crippen LogP contribution in [-0.4, -0.2) is 19.8 Å². The molecule has 0 spiro atoms. The van der Waals surface area contributed by atoms with Crippen LogP contribution < -0.4 is 5.32 Å². The second-order valence-electron chi connectivity index (χ2n) is 6.03. The highest BCUT2D eigenvalue weighted by Gasteiger charge is 2.13. The second-order valence-corrected chi connectivity index (χ2v) is 6.03. The predicted octanol–water partition coefficient (Wildman–Crippen LogP) is 3.50. The molecule has 0 fully saturated rings. The molecular formula is C17H27NO. The quantitative estimate of drug-likeness (QED) is 0.759. The van der Waals surface area contributed by atoms with Gasteiger partial charge in [0.15, 0.2) is 0 Å². The molecule has 2 nitrogen and oxygen atoms in total. The highest BCUT2D eigenvalue weighted by molar-refractivity contribution is 5.36. The van der Waals surface area contributed by atoms with Gasteiger partial charge in [-0.1, -0.05) is 32.0 Å². The van der Waals surface area contributed by atoms with Crippen LogP contribution >= 0.6 is 0 Å². The number of hydrogen-bond donors (Lipinski definition) is 1. The number of aryl methyl sites for hydroxylation is 2. The van der Waals surface area contributed by atoms with Crippen LogP contribution in [0.4, 0.5) is 0 Å². The van der Waals surface area contributed by atoms with Crippen LogP contribution in [0.15, 0.2) is 18.2 Å². The Morgan fingerprint density at radius 1 is 1.16 bits per heavy atom. The summed E-state index contributed by atoms with van der Waals surface area (Å²) in [6.45, 7) is 9.17. The van der Waals surface area contributed by atoms with Gasteiger partial charge in [0.05, 0.1) is 6.61 Å². The normalized spacial score (nSPS) is 15.8. The van der Waals surface area contributed by atoms with Gasteiger partial charge < -0.3 is 10.1 Å². The van der Waals surface area contributed by atoms with Gasteiger partial charge in [0.25, 0.3) is 0 Å². The van der Waals surface area contributed by atoms with Crippen molar-refractivity contribution >= 4 is 0 Å². The minimum atomic E-state index is 0.411. The van der Waals surface area contributed by atoms with Crippen LogP contribution in [0.3, 0.4) is 0 Å². The molecule has 0 aromatic heterocycles. The van der Waals surface area contributed by atoms with Crippen LogP contribution in [0.2, 0.25) is 0 Å². The Morgan fingerprint density at radius 3 is 2.74 bits per heavy atom. The molecule has 0 heterocycles. The number of fused-ring (bicyclic) bond motifs is 1. The van der Waals surface area contributed by atoms with Crippen LogP contribution in [0.25, 0.3) is 0 Å². The maximum atomic E-state index is 5.59. The lowest BCUT2D eigenvalue weighted by Crippen LogP contribution is -2.24. The Labute approximate surface area is 117 Å². The lowest BCUT2D eigenvalue weighted by Gasteiger charge is -2.16. The lowest BCUT2D eigenvalue weighted by atomic mass is 10.0. The van der Waals surface area contributed by atoms with Gasteiger partial charge >= 0.3 is 0 Å². The summed E-state index contributed by atoms with van der Waals surface area (Å²) in [6.07, 6.45) is 3.84. The molecule has 1 atom stereocenters. The van der Waals surface area contributed by atoms with Crippen LogP contribution in [-0.2, 0) is 17.6 Å². The molecule has 2 heteroatoms. The van der Waals surface area contributed by atoms with Crippen molar-refractivity contribution in [2.75, 3.05) is 19.8 Å². The van der Waals surface area contributed by atoms with Gasteiger partial charge in [0.2, 0.25) is 0 Å². The molecule has 1 aliphatic carbocycles. The first-order valence-corrected chi connectivity index (χ1v) is 7.59. The zero-order valence-electron chi connectivity index (χ0n) is 12.5. The predicted molar refractivity (Wildman–Crippen MR) is 80.5 cm³/mol. The molecule has 0 amide bonds. The third-order valence-electron chi connectivity index (χ3n) is 3.77. The van der Waals surface area contributed by atoms with Crippen LogP contribution in [0, 0.1) is 5.92 Å². The van der Waals surface area contributed by atoms with Crippen molar-refractivity contribution in [3.63, 3.8) is 0 Å². The van der Waals surface area contributed by atoms with Crippen molar-refractivity contribution in [1.29, 1.82) is 0 Å². The smallest absolute Gasteiger partial charge is 0.0591 e. The van der Waals surface area contributed by atoms with Crippen molar-refractivity contribution in [3.8, 4) is 0 Å². The van der Waals surface area contributed by atoms with E-state index in [2.05, 4.69) is 44.3 Å². The van der Waals surface area contributed by atoms with Gasteiger partial charge in [-0.2, -0.15) is 0 Å². The SMILES string of the molecule is CC(C)COCCNC(C)c1ccc2c(c1)CCC2. The summed E-state index contributed by atoms with van der Waals surface area (Å²) in [4.78, 5) is 0. The second kappa shape index (κ2) is 7.06. The first-order valence-electron chi connectivity index (χ1n) is 7.59.